The zero-order valence-corrected chi connectivity index (χ0v) is 14.3. The average molecular weight is 361 g/mol. The lowest BCUT2D eigenvalue weighted by atomic mass is 10.2. The number of aliphatic carboxylic acids is 1. The van der Waals surface area contributed by atoms with Crippen LogP contribution in [0.1, 0.15) is 12.8 Å². The fraction of sp³-hybridized carbons (Fsp3) is 0.235. The van der Waals surface area contributed by atoms with Gasteiger partial charge in [0.1, 0.15) is 17.2 Å². The number of nitrogens with one attached hydrogen (secondary N) is 1. The molecule has 3 aromatic heterocycles. The first-order valence-electron chi connectivity index (χ1n) is 7.72. The van der Waals surface area contributed by atoms with Crippen LogP contribution in [-0.2, 0) is 4.79 Å². The van der Waals surface area contributed by atoms with Gasteiger partial charge in [-0.25, -0.2) is 9.97 Å². The van der Waals surface area contributed by atoms with E-state index < -0.39 is 5.97 Å². The molecular weight excluding hydrogens is 344 g/mol. The molecule has 0 fully saturated rings. The molecule has 0 saturated heterocycles. The van der Waals surface area contributed by atoms with Gasteiger partial charge in [0.05, 0.1) is 12.1 Å². The van der Waals surface area contributed by atoms with Crippen molar-refractivity contribution in [1.29, 1.82) is 0 Å². The van der Waals surface area contributed by atoms with Crippen molar-refractivity contribution in [3.05, 3.63) is 41.7 Å². The molecule has 0 aromatic carbocycles. The summed E-state index contributed by atoms with van der Waals surface area (Å²) in [5.41, 5.74) is 2.29. The van der Waals surface area contributed by atoms with Crippen LogP contribution < -0.4 is 10.1 Å². The Bertz CT molecular complexity index is 910. The Kier molecular flexibility index (Phi) is 5.04. The van der Waals surface area contributed by atoms with E-state index in [1.54, 1.807) is 31.6 Å². The van der Waals surface area contributed by atoms with Crippen LogP contribution in [0.15, 0.2) is 36.7 Å². The molecule has 3 aromatic rings. The molecule has 0 aliphatic rings. The number of pyridine rings is 2. The van der Waals surface area contributed by atoms with Crippen LogP contribution >= 0.6 is 11.6 Å². The zero-order chi connectivity index (χ0) is 17.8. The summed E-state index contributed by atoms with van der Waals surface area (Å²) in [6.07, 6.45) is 4.02. The summed E-state index contributed by atoms with van der Waals surface area (Å²) in [4.78, 5) is 19.5. The van der Waals surface area contributed by atoms with Crippen molar-refractivity contribution >= 4 is 29.0 Å². The molecule has 0 atom stereocenters. The van der Waals surface area contributed by atoms with E-state index in [2.05, 4.69) is 15.3 Å². The molecule has 0 bridgehead atoms. The summed E-state index contributed by atoms with van der Waals surface area (Å²) in [5, 5.41) is 12.6. The third-order valence-electron chi connectivity index (χ3n) is 3.66. The monoisotopic (exact) mass is 360 g/mol. The summed E-state index contributed by atoms with van der Waals surface area (Å²) in [6, 6.07) is 7.24. The maximum Gasteiger partial charge on any atom is 0.303 e. The molecule has 8 heteroatoms. The van der Waals surface area contributed by atoms with Crippen LogP contribution in [0.2, 0.25) is 5.02 Å². The molecule has 0 aliphatic heterocycles. The van der Waals surface area contributed by atoms with Crippen LogP contribution in [0.25, 0.3) is 16.9 Å². The molecule has 0 amide bonds. The van der Waals surface area contributed by atoms with Crippen molar-refractivity contribution < 1.29 is 14.6 Å². The van der Waals surface area contributed by atoms with Crippen LogP contribution in [-0.4, -0.2) is 39.1 Å². The fourth-order valence-corrected chi connectivity index (χ4v) is 2.66. The van der Waals surface area contributed by atoms with E-state index in [0.717, 1.165) is 22.7 Å². The maximum atomic E-state index is 10.7. The van der Waals surface area contributed by atoms with E-state index >= 15 is 0 Å². The number of imidazole rings is 1. The van der Waals surface area contributed by atoms with Gasteiger partial charge in [0.25, 0.3) is 0 Å². The van der Waals surface area contributed by atoms with Gasteiger partial charge in [-0.3, -0.25) is 9.20 Å². The predicted molar refractivity (Wildman–Crippen MR) is 95.3 cm³/mol. The number of nitrogens with zero attached hydrogens (tertiary/aromatic N) is 3. The van der Waals surface area contributed by atoms with Gasteiger partial charge in [-0.2, -0.15) is 0 Å². The van der Waals surface area contributed by atoms with Gasteiger partial charge in [-0.05, 0) is 24.6 Å². The molecule has 0 spiro atoms. The summed E-state index contributed by atoms with van der Waals surface area (Å²) in [5.74, 6) is 0.419. The predicted octanol–water partition coefficient (Wildman–Crippen LogP) is 3.34. The summed E-state index contributed by atoms with van der Waals surface area (Å²) in [7, 11) is 1.56. The lowest BCUT2D eigenvalue weighted by Gasteiger charge is -2.09. The molecule has 3 heterocycles. The van der Waals surface area contributed by atoms with Gasteiger partial charge in [-0.15, -0.1) is 0 Å². The minimum Gasteiger partial charge on any atom is -0.481 e. The number of hydrogen-bond donors (Lipinski definition) is 2. The van der Waals surface area contributed by atoms with Crippen molar-refractivity contribution in [1.82, 2.24) is 14.4 Å². The fourth-order valence-electron chi connectivity index (χ4n) is 2.50. The quantitative estimate of drug-likeness (QED) is 0.628. The number of anilines is 1. The van der Waals surface area contributed by atoms with Crippen molar-refractivity contribution in [3.63, 3.8) is 0 Å². The number of carboxylic acid groups (broad SMARTS) is 1. The second-order valence-electron chi connectivity index (χ2n) is 5.40. The highest BCUT2D eigenvalue weighted by atomic mass is 35.5. The minimum absolute atomic E-state index is 0.100. The highest BCUT2D eigenvalue weighted by molar-refractivity contribution is 6.30. The molecule has 0 radical (unpaired) electrons. The topological polar surface area (TPSA) is 88.8 Å². The highest BCUT2D eigenvalue weighted by Gasteiger charge is 2.15. The lowest BCUT2D eigenvalue weighted by Crippen LogP contribution is -2.07. The van der Waals surface area contributed by atoms with E-state index in [9.17, 15) is 4.79 Å². The maximum absolute atomic E-state index is 10.7. The van der Waals surface area contributed by atoms with Gasteiger partial charge in [0.2, 0.25) is 5.88 Å². The third-order valence-corrected chi connectivity index (χ3v) is 3.88. The number of carboxylic acids is 1. The number of hydrogen-bond acceptors (Lipinski definition) is 5. The number of carbonyl (C=O) groups is 1. The van der Waals surface area contributed by atoms with Crippen molar-refractivity contribution in [2.75, 3.05) is 19.0 Å². The Morgan fingerprint density at radius 3 is 3.00 bits per heavy atom. The molecule has 3 rings (SSSR count). The molecule has 130 valence electrons. The van der Waals surface area contributed by atoms with Crippen LogP contribution in [0.3, 0.4) is 0 Å². The number of methoxy groups -OCH3 is 1. The standard InChI is InChI=1S/C17H17ClN4O3/c1-25-14-9-11(6-8-19-14)16-17(20-7-2-3-15(23)24)22-10-12(18)4-5-13(22)21-16/h4-6,8-10,20H,2-3,7H2,1H3,(H,23,24). The van der Waals surface area contributed by atoms with Crippen LogP contribution in [0, 0.1) is 0 Å². The van der Waals surface area contributed by atoms with Gasteiger partial charge >= 0.3 is 5.97 Å². The minimum atomic E-state index is -0.818. The van der Waals surface area contributed by atoms with Crippen molar-refractivity contribution in [2.24, 2.45) is 0 Å². The van der Waals surface area contributed by atoms with Gasteiger partial charge in [-0.1, -0.05) is 11.6 Å². The van der Waals surface area contributed by atoms with Crippen LogP contribution in [0.4, 0.5) is 5.82 Å². The second-order valence-corrected chi connectivity index (χ2v) is 5.83. The first-order valence-corrected chi connectivity index (χ1v) is 8.10. The van der Waals surface area contributed by atoms with Crippen molar-refractivity contribution in [2.45, 2.75) is 12.8 Å². The van der Waals surface area contributed by atoms with E-state index in [4.69, 9.17) is 21.4 Å². The van der Waals surface area contributed by atoms with Crippen molar-refractivity contribution in [3.8, 4) is 17.1 Å². The Hall–Kier alpha value is -2.80. The smallest absolute Gasteiger partial charge is 0.303 e. The molecule has 7 nitrogen and oxygen atoms in total. The molecule has 25 heavy (non-hydrogen) atoms. The SMILES string of the molecule is COc1cc(-c2nc3ccc(Cl)cn3c2NCCCC(=O)O)ccn1. The highest BCUT2D eigenvalue weighted by Crippen LogP contribution is 2.31. The van der Waals surface area contributed by atoms with E-state index in [-0.39, 0.29) is 6.42 Å². The zero-order valence-electron chi connectivity index (χ0n) is 13.6. The van der Waals surface area contributed by atoms with Gasteiger partial charge in [0.15, 0.2) is 0 Å². The molecule has 0 saturated carbocycles. The largest absolute Gasteiger partial charge is 0.481 e. The first-order chi connectivity index (χ1) is 12.1. The number of ether oxygens (including phenoxy) is 1. The Labute approximate surface area is 149 Å². The average Bonchev–Trinajstić information content (AvgIpc) is 2.96. The molecule has 0 aliphatic carbocycles. The molecule has 0 unspecified atom stereocenters. The van der Waals surface area contributed by atoms with E-state index in [1.807, 2.05) is 16.5 Å². The second kappa shape index (κ2) is 7.40. The van der Waals surface area contributed by atoms with E-state index in [1.165, 1.54) is 0 Å². The van der Waals surface area contributed by atoms with Gasteiger partial charge < -0.3 is 15.2 Å². The van der Waals surface area contributed by atoms with E-state index in [0.29, 0.717) is 23.9 Å². The van der Waals surface area contributed by atoms with Gasteiger partial charge in [0, 0.05) is 37.0 Å². The lowest BCUT2D eigenvalue weighted by molar-refractivity contribution is -0.137. The summed E-state index contributed by atoms with van der Waals surface area (Å²) >= 11 is 6.11. The number of aromatic nitrogens is 3. The number of halogens is 1. The third kappa shape index (κ3) is 3.83. The summed E-state index contributed by atoms with van der Waals surface area (Å²) < 4.78 is 7.03. The Morgan fingerprint density at radius 1 is 1.40 bits per heavy atom. The molecule has 2 N–H and O–H groups in total. The van der Waals surface area contributed by atoms with Crippen LogP contribution in [0.5, 0.6) is 5.88 Å². The summed E-state index contributed by atoms with van der Waals surface area (Å²) in [6.45, 7) is 0.502. The Balaban J connectivity index is 2.00. The molecular formula is C17H17ClN4O3. The first kappa shape index (κ1) is 17.0. The Morgan fingerprint density at radius 2 is 2.24 bits per heavy atom. The normalized spacial score (nSPS) is 10.8. The number of fused-ring (bicyclic) bond motifs is 1. The number of rotatable bonds is 7.